The average Bonchev–Trinajstić information content (AvgIpc) is 2.85. The van der Waals surface area contributed by atoms with Gasteiger partial charge < -0.3 is 15.4 Å². The van der Waals surface area contributed by atoms with Crippen LogP contribution in [-0.4, -0.2) is 12.6 Å². The molecule has 0 atom stereocenters. The van der Waals surface area contributed by atoms with Crippen LogP contribution in [0.1, 0.15) is 11.8 Å². The molecule has 4 nitrogen and oxygen atoms in total. The minimum Gasteiger partial charge on any atom is -0.494 e. The van der Waals surface area contributed by atoms with Crippen molar-refractivity contribution in [1.82, 2.24) is 5.32 Å². The Labute approximate surface area is 130 Å². The van der Waals surface area contributed by atoms with Gasteiger partial charge in [-0.15, -0.1) is 11.3 Å². The first-order valence-electron chi connectivity index (χ1n) is 6.18. The first-order chi connectivity index (χ1) is 9.67. The van der Waals surface area contributed by atoms with Crippen molar-refractivity contribution in [2.45, 2.75) is 13.5 Å². The van der Waals surface area contributed by atoms with Gasteiger partial charge in [-0.1, -0.05) is 0 Å². The number of thiophene rings is 1. The Bertz CT molecular complexity index is 569. The van der Waals surface area contributed by atoms with Crippen LogP contribution in [0.15, 0.2) is 40.2 Å². The summed E-state index contributed by atoms with van der Waals surface area (Å²) in [6.45, 7) is 3.07. The Kier molecular flexibility index (Phi) is 5.43. The van der Waals surface area contributed by atoms with Gasteiger partial charge in [-0.3, -0.25) is 0 Å². The number of nitrogens with one attached hydrogen (secondary N) is 2. The zero-order chi connectivity index (χ0) is 14.4. The van der Waals surface area contributed by atoms with Crippen molar-refractivity contribution < 1.29 is 9.53 Å². The molecule has 1 aromatic carbocycles. The standard InChI is InChI=1S/C14H15BrN2O2S/c1-2-19-12-5-3-11(4-6-12)17-14(18)16-8-13-7-10(15)9-20-13/h3-7,9H,2,8H2,1H3,(H2,16,17,18). The Morgan fingerprint density at radius 2 is 2.10 bits per heavy atom. The lowest BCUT2D eigenvalue weighted by molar-refractivity contribution is 0.252. The van der Waals surface area contributed by atoms with Crippen LogP contribution in [0.5, 0.6) is 5.75 Å². The third-order valence-corrected chi connectivity index (χ3v) is 4.17. The van der Waals surface area contributed by atoms with Gasteiger partial charge in [-0.05, 0) is 53.2 Å². The van der Waals surface area contributed by atoms with Crippen LogP contribution in [0, 0.1) is 0 Å². The molecule has 2 aromatic rings. The van der Waals surface area contributed by atoms with Crippen LogP contribution in [0.3, 0.4) is 0 Å². The van der Waals surface area contributed by atoms with Crippen molar-refractivity contribution in [2.24, 2.45) is 0 Å². The van der Waals surface area contributed by atoms with Gasteiger partial charge >= 0.3 is 6.03 Å². The molecule has 0 aliphatic rings. The Hall–Kier alpha value is -1.53. The molecule has 0 fully saturated rings. The molecule has 0 saturated carbocycles. The van der Waals surface area contributed by atoms with E-state index in [4.69, 9.17) is 4.74 Å². The van der Waals surface area contributed by atoms with Gasteiger partial charge in [0.2, 0.25) is 0 Å². The summed E-state index contributed by atoms with van der Waals surface area (Å²) in [5.74, 6) is 0.793. The highest BCUT2D eigenvalue weighted by Gasteiger charge is 2.03. The lowest BCUT2D eigenvalue weighted by atomic mass is 10.3. The van der Waals surface area contributed by atoms with Crippen LogP contribution >= 0.6 is 27.3 Å². The summed E-state index contributed by atoms with van der Waals surface area (Å²) in [4.78, 5) is 12.8. The Morgan fingerprint density at radius 3 is 2.70 bits per heavy atom. The van der Waals surface area contributed by atoms with E-state index in [2.05, 4.69) is 26.6 Å². The van der Waals surface area contributed by atoms with Crippen molar-refractivity contribution >= 4 is 39.0 Å². The zero-order valence-electron chi connectivity index (χ0n) is 11.0. The first-order valence-corrected chi connectivity index (χ1v) is 7.85. The van der Waals surface area contributed by atoms with Crippen molar-refractivity contribution in [2.75, 3.05) is 11.9 Å². The molecule has 0 aliphatic heterocycles. The fourth-order valence-corrected chi connectivity index (χ4v) is 2.98. The number of hydrogen-bond acceptors (Lipinski definition) is 3. The number of carbonyl (C=O) groups is 1. The van der Waals surface area contributed by atoms with Crippen LogP contribution < -0.4 is 15.4 Å². The van der Waals surface area contributed by atoms with E-state index in [1.165, 1.54) is 0 Å². The first kappa shape index (κ1) is 14.9. The molecule has 1 aromatic heterocycles. The number of hydrogen-bond donors (Lipinski definition) is 2. The number of halogens is 1. The maximum absolute atomic E-state index is 11.7. The molecule has 0 saturated heterocycles. The molecule has 20 heavy (non-hydrogen) atoms. The van der Waals surface area contributed by atoms with Crippen molar-refractivity contribution in [3.8, 4) is 5.75 Å². The van der Waals surface area contributed by atoms with Gasteiger partial charge in [0.25, 0.3) is 0 Å². The molecular weight excluding hydrogens is 340 g/mol. The summed E-state index contributed by atoms with van der Waals surface area (Å²) >= 11 is 4.98. The maximum atomic E-state index is 11.7. The third-order valence-electron chi connectivity index (χ3n) is 2.47. The van der Waals surface area contributed by atoms with E-state index in [0.29, 0.717) is 13.2 Å². The van der Waals surface area contributed by atoms with E-state index in [1.54, 1.807) is 11.3 Å². The molecule has 0 bridgehead atoms. The molecule has 2 rings (SSSR count). The molecule has 106 valence electrons. The highest BCUT2D eigenvalue weighted by molar-refractivity contribution is 9.10. The number of benzene rings is 1. The maximum Gasteiger partial charge on any atom is 0.319 e. The molecule has 0 unspecified atom stereocenters. The fraction of sp³-hybridized carbons (Fsp3) is 0.214. The second-order valence-electron chi connectivity index (χ2n) is 4.00. The van der Waals surface area contributed by atoms with E-state index in [9.17, 15) is 4.79 Å². The molecule has 6 heteroatoms. The summed E-state index contributed by atoms with van der Waals surface area (Å²) in [5.41, 5.74) is 0.735. The van der Waals surface area contributed by atoms with E-state index in [-0.39, 0.29) is 6.03 Å². The molecule has 1 heterocycles. The molecular formula is C14H15BrN2O2S. The summed E-state index contributed by atoms with van der Waals surface area (Å²) in [6.07, 6.45) is 0. The third kappa shape index (κ3) is 4.54. The molecule has 0 spiro atoms. The summed E-state index contributed by atoms with van der Waals surface area (Å²) in [7, 11) is 0. The van der Waals surface area contributed by atoms with Gasteiger partial charge in [0.05, 0.1) is 13.2 Å². The molecule has 0 aliphatic carbocycles. The van der Waals surface area contributed by atoms with Crippen LogP contribution in [-0.2, 0) is 6.54 Å². The fourth-order valence-electron chi connectivity index (χ4n) is 1.59. The normalized spacial score (nSPS) is 10.1. The van der Waals surface area contributed by atoms with E-state index in [0.717, 1.165) is 20.8 Å². The average molecular weight is 355 g/mol. The lowest BCUT2D eigenvalue weighted by Crippen LogP contribution is -2.27. The minimum absolute atomic E-state index is 0.223. The zero-order valence-corrected chi connectivity index (χ0v) is 13.4. The molecule has 2 amide bonds. The number of amides is 2. The van der Waals surface area contributed by atoms with Crippen LogP contribution in [0.25, 0.3) is 0 Å². The summed E-state index contributed by atoms with van der Waals surface area (Å²) in [5, 5.41) is 7.57. The predicted molar refractivity (Wildman–Crippen MR) is 85.5 cm³/mol. The van der Waals surface area contributed by atoms with Crippen LogP contribution in [0.4, 0.5) is 10.5 Å². The van der Waals surface area contributed by atoms with E-state index in [1.807, 2.05) is 42.6 Å². The number of ether oxygens (including phenoxy) is 1. The van der Waals surface area contributed by atoms with Crippen LogP contribution in [0.2, 0.25) is 0 Å². The largest absolute Gasteiger partial charge is 0.494 e. The van der Waals surface area contributed by atoms with Crippen molar-refractivity contribution in [3.05, 3.63) is 45.1 Å². The molecule has 0 radical (unpaired) electrons. The number of rotatable bonds is 5. The predicted octanol–water partition coefficient (Wildman–Crippen LogP) is 4.23. The van der Waals surface area contributed by atoms with Crippen molar-refractivity contribution in [1.29, 1.82) is 0 Å². The monoisotopic (exact) mass is 354 g/mol. The SMILES string of the molecule is CCOc1ccc(NC(=O)NCc2cc(Br)cs2)cc1. The highest BCUT2D eigenvalue weighted by Crippen LogP contribution is 2.19. The smallest absolute Gasteiger partial charge is 0.319 e. The Morgan fingerprint density at radius 1 is 1.35 bits per heavy atom. The second kappa shape index (κ2) is 7.31. The van der Waals surface area contributed by atoms with Gasteiger partial charge in [-0.2, -0.15) is 0 Å². The van der Waals surface area contributed by atoms with E-state index >= 15 is 0 Å². The minimum atomic E-state index is -0.223. The highest BCUT2D eigenvalue weighted by atomic mass is 79.9. The number of urea groups is 1. The van der Waals surface area contributed by atoms with E-state index < -0.39 is 0 Å². The summed E-state index contributed by atoms with van der Waals surface area (Å²) in [6, 6.07) is 9.05. The molecule has 2 N–H and O–H groups in total. The quantitative estimate of drug-likeness (QED) is 0.843. The van der Waals surface area contributed by atoms with Gasteiger partial charge in [0.15, 0.2) is 0 Å². The Balaban J connectivity index is 1.81. The van der Waals surface area contributed by atoms with Gasteiger partial charge in [0.1, 0.15) is 5.75 Å². The van der Waals surface area contributed by atoms with Gasteiger partial charge in [-0.25, -0.2) is 4.79 Å². The summed E-state index contributed by atoms with van der Waals surface area (Å²) < 4.78 is 6.38. The lowest BCUT2D eigenvalue weighted by Gasteiger charge is -2.08. The second-order valence-corrected chi connectivity index (χ2v) is 5.91. The topological polar surface area (TPSA) is 50.4 Å². The number of carbonyl (C=O) groups excluding carboxylic acids is 1. The van der Waals surface area contributed by atoms with Crippen molar-refractivity contribution in [3.63, 3.8) is 0 Å². The van der Waals surface area contributed by atoms with Gasteiger partial charge in [0, 0.05) is 20.4 Å². The number of anilines is 1.